The van der Waals surface area contributed by atoms with Crippen molar-refractivity contribution in [3.8, 4) is 0 Å². The maximum atomic E-state index is 13.6. The Morgan fingerprint density at radius 1 is 1.47 bits per heavy atom. The average molecular weight is 374 g/mol. The zero-order valence-electron chi connectivity index (χ0n) is 10.0. The number of halogens is 3. The van der Waals surface area contributed by atoms with Crippen LogP contribution in [0.5, 0.6) is 0 Å². The van der Waals surface area contributed by atoms with Crippen LogP contribution in [0.4, 0.5) is 4.39 Å². The number of rotatable bonds is 4. The zero-order valence-corrected chi connectivity index (χ0v) is 13.2. The lowest BCUT2D eigenvalue weighted by molar-refractivity contribution is 0.529. The van der Waals surface area contributed by atoms with Gasteiger partial charge in [0.1, 0.15) is 10.7 Å². The first-order valence-corrected chi connectivity index (χ1v) is 7.92. The van der Waals surface area contributed by atoms with Crippen LogP contribution in [-0.2, 0) is 10.0 Å². The van der Waals surface area contributed by atoms with E-state index in [1.807, 2.05) is 0 Å². The third-order valence-electron chi connectivity index (χ3n) is 2.91. The molecule has 1 aliphatic heterocycles. The van der Waals surface area contributed by atoms with Gasteiger partial charge >= 0.3 is 0 Å². The van der Waals surface area contributed by atoms with Crippen molar-refractivity contribution >= 4 is 38.4 Å². The van der Waals surface area contributed by atoms with Crippen LogP contribution in [0.25, 0.3) is 0 Å². The minimum atomic E-state index is -3.77. The average Bonchev–Trinajstić information content (AvgIpc) is 2.78. The van der Waals surface area contributed by atoms with Gasteiger partial charge in [0.15, 0.2) is 0 Å². The molecule has 8 heteroatoms. The topological polar surface area (TPSA) is 58.2 Å². The maximum Gasteiger partial charge on any atom is 0.243 e. The first kappa shape index (κ1) is 16.8. The number of benzene rings is 1. The Morgan fingerprint density at radius 2 is 2.21 bits per heavy atom. The van der Waals surface area contributed by atoms with Crippen molar-refractivity contribution in [2.24, 2.45) is 5.92 Å². The highest BCUT2D eigenvalue weighted by molar-refractivity contribution is 9.10. The highest BCUT2D eigenvalue weighted by atomic mass is 79.9. The number of hydrogen-bond donors (Lipinski definition) is 2. The lowest BCUT2D eigenvalue weighted by atomic mass is 10.1. The molecule has 1 heterocycles. The second-order valence-electron chi connectivity index (χ2n) is 4.29. The quantitative estimate of drug-likeness (QED) is 0.847. The Bertz CT molecular complexity index is 535. The van der Waals surface area contributed by atoms with Gasteiger partial charge in [-0.05, 0) is 43.6 Å². The molecule has 4 nitrogen and oxygen atoms in total. The summed E-state index contributed by atoms with van der Waals surface area (Å²) in [5.74, 6) is -0.472. The van der Waals surface area contributed by atoms with Crippen molar-refractivity contribution in [1.29, 1.82) is 0 Å². The second kappa shape index (κ2) is 6.99. The van der Waals surface area contributed by atoms with Crippen LogP contribution in [-0.4, -0.2) is 28.1 Å². The monoisotopic (exact) mass is 372 g/mol. The van der Waals surface area contributed by atoms with Crippen LogP contribution in [0.3, 0.4) is 0 Å². The van der Waals surface area contributed by atoms with Crippen LogP contribution < -0.4 is 10.0 Å². The molecule has 2 rings (SSSR count). The smallest absolute Gasteiger partial charge is 0.243 e. The van der Waals surface area contributed by atoms with Gasteiger partial charge in [0.05, 0.1) is 0 Å². The SMILES string of the molecule is Cl.O=S(=O)(NCC1CCNC1)c1ccc(Br)cc1F. The van der Waals surface area contributed by atoms with Gasteiger partial charge in [0, 0.05) is 11.0 Å². The minimum Gasteiger partial charge on any atom is -0.316 e. The second-order valence-corrected chi connectivity index (χ2v) is 6.94. The molecule has 1 aromatic carbocycles. The first-order chi connectivity index (χ1) is 8.49. The number of hydrogen-bond acceptors (Lipinski definition) is 3. The van der Waals surface area contributed by atoms with Gasteiger partial charge < -0.3 is 5.32 Å². The molecule has 1 saturated heterocycles. The Hall–Kier alpha value is -0.210. The summed E-state index contributed by atoms with van der Waals surface area (Å²) in [6.45, 7) is 2.04. The lowest BCUT2D eigenvalue weighted by Gasteiger charge is -2.11. The van der Waals surface area contributed by atoms with Crippen LogP contribution >= 0.6 is 28.3 Å². The Kier molecular flexibility index (Phi) is 6.19. The lowest BCUT2D eigenvalue weighted by Crippen LogP contribution is -2.30. The molecule has 0 aromatic heterocycles. The van der Waals surface area contributed by atoms with E-state index in [9.17, 15) is 12.8 Å². The van der Waals surface area contributed by atoms with E-state index >= 15 is 0 Å². The van der Waals surface area contributed by atoms with Gasteiger partial charge in [0.2, 0.25) is 10.0 Å². The summed E-state index contributed by atoms with van der Waals surface area (Å²) >= 11 is 3.09. The van der Waals surface area contributed by atoms with Gasteiger partial charge in [-0.25, -0.2) is 17.5 Å². The van der Waals surface area contributed by atoms with E-state index in [2.05, 4.69) is 26.0 Å². The molecular formula is C11H15BrClFN2O2S. The van der Waals surface area contributed by atoms with E-state index in [4.69, 9.17) is 0 Å². The van der Waals surface area contributed by atoms with Crippen molar-refractivity contribution in [3.63, 3.8) is 0 Å². The van der Waals surface area contributed by atoms with E-state index in [0.717, 1.165) is 25.6 Å². The van der Waals surface area contributed by atoms with Crippen molar-refractivity contribution in [3.05, 3.63) is 28.5 Å². The molecule has 0 saturated carbocycles. The largest absolute Gasteiger partial charge is 0.316 e. The first-order valence-electron chi connectivity index (χ1n) is 5.64. The van der Waals surface area contributed by atoms with Crippen molar-refractivity contribution in [1.82, 2.24) is 10.0 Å². The number of nitrogens with one attached hydrogen (secondary N) is 2. The molecule has 1 fully saturated rings. The molecule has 0 radical (unpaired) electrons. The predicted molar refractivity (Wildman–Crippen MR) is 77.5 cm³/mol. The Morgan fingerprint density at radius 3 is 2.79 bits per heavy atom. The zero-order chi connectivity index (χ0) is 13.2. The molecule has 19 heavy (non-hydrogen) atoms. The summed E-state index contributed by atoms with van der Waals surface area (Å²) < 4.78 is 40.4. The van der Waals surface area contributed by atoms with Crippen molar-refractivity contribution in [2.75, 3.05) is 19.6 Å². The van der Waals surface area contributed by atoms with Gasteiger partial charge in [-0.1, -0.05) is 15.9 Å². The molecule has 1 aliphatic rings. The van der Waals surface area contributed by atoms with Crippen LogP contribution in [0.2, 0.25) is 0 Å². The Balaban J connectivity index is 0.00000180. The van der Waals surface area contributed by atoms with Crippen LogP contribution in [0.15, 0.2) is 27.6 Å². The summed E-state index contributed by atoms with van der Waals surface area (Å²) in [5.41, 5.74) is 0. The van der Waals surface area contributed by atoms with Crippen molar-refractivity contribution < 1.29 is 12.8 Å². The summed E-state index contributed by atoms with van der Waals surface area (Å²) in [7, 11) is -3.77. The third kappa shape index (κ3) is 4.39. The molecule has 1 aromatic rings. The highest BCUT2D eigenvalue weighted by Gasteiger charge is 2.22. The molecule has 0 amide bonds. The Labute approximate surface area is 126 Å². The van der Waals surface area contributed by atoms with E-state index in [1.54, 1.807) is 0 Å². The fourth-order valence-electron chi connectivity index (χ4n) is 1.89. The summed E-state index contributed by atoms with van der Waals surface area (Å²) in [6, 6.07) is 3.91. The van der Waals surface area contributed by atoms with Gasteiger partial charge in [-0.3, -0.25) is 0 Å². The molecule has 0 bridgehead atoms. The molecular weight excluding hydrogens is 359 g/mol. The summed E-state index contributed by atoms with van der Waals surface area (Å²) in [4.78, 5) is -0.309. The summed E-state index contributed by atoms with van der Waals surface area (Å²) in [5, 5.41) is 3.15. The highest BCUT2D eigenvalue weighted by Crippen LogP contribution is 2.19. The van der Waals surface area contributed by atoms with Gasteiger partial charge in [-0.2, -0.15) is 0 Å². The van der Waals surface area contributed by atoms with E-state index in [0.29, 0.717) is 11.0 Å². The van der Waals surface area contributed by atoms with Gasteiger partial charge in [0.25, 0.3) is 0 Å². The summed E-state index contributed by atoms with van der Waals surface area (Å²) in [6.07, 6.45) is 0.936. The van der Waals surface area contributed by atoms with Crippen LogP contribution in [0, 0.1) is 11.7 Å². The van der Waals surface area contributed by atoms with Crippen LogP contribution in [0.1, 0.15) is 6.42 Å². The molecule has 1 unspecified atom stereocenters. The van der Waals surface area contributed by atoms with E-state index in [-0.39, 0.29) is 23.2 Å². The molecule has 2 N–H and O–H groups in total. The minimum absolute atomic E-state index is 0. The number of sulfonamides is 1. The molecule has 108 valence electrons. The third-order valence-corrected chi connectivity index (χ3v) is 4.86. The maximum absolute atomic E-state index is 13.6. The fourth-order valence-corrected chi connectivity index (χ4v) is 3.39. The molecule has 0 spiro atoms. The molecule has 0 aliphatic carbocycles. The van der Waals surface area contributed by atoms with E-state index in [1.165, 1.54) is 12.1 Å². The fraction of sp³-hybridized carbons (Fsp3) is 0.455. The predicted octanol–water partition coefficient (Wildman–Crippen LogP) is 1.90. The normalized spacial score (nSPS) is 19.2. The standard InChI is InChI=1S/C11H14BrFN2O2S.ClH/c12-9-1-2-11(10(13)5-9)18(16,17)15-7-8-3-4-14-6-8;/h1-2,5,8,14-15H,3-4,6-7H2;1H. The van der Waals surface area contributed by atoms with E-state index < -0.39 is 15.8 Å². The van der Waals surface area contributed by atoms with Crippen molar-refractivity contribution in [2.45, 2.75) is 11.3 Å². The molecule has 1 atom stereocenters. The van der Waals surface area contributed by atoms with Gasteiger partial charge in [-0.15, -0.1) is 12.4 Å².